The number of benzene rings is 3. The molecule has 1 N–H and O–H groups in total. The average molecular weight is 625 g/mol. The number of amides is 2. The maximum Gasteiger partial charge on any atom is 0.251 e. The molecule has 0 aliphatic heterocycles. The Morgan fingerprint density at radius 2 is 1.54 bits per heavy atom. The van der Waals surface area contributed by atoms with Gasteiger partial charge in [0.1, 0.15) is 24.2 Å². The van der Waals surface area contributed by atoms with Gasteiger partial charge in [-0.1, -0.05) is 62.8 Å². The fourth-order valence-electron chi connectivity index (χ4n) is 6.73. The van der Waals surface area contributed by atoms with Gasteiger partial charge >= 0.3 is 0 Å². The second-order valence-electron chi connectivity index (χ2n) is 12.4. The molecule has 10 heteroatoms. The van der Waals surface area contributed by atoms with Gasteiger partial charge in [0.25, 0.3) is 5.91 Å². The van der Waals surface area contributed by atoms with Crippen LogP contribution >= 0.6 is 0 Å². The van der Waals surface area contributed by atoms with Crippen molar-refractivity contribution in [3.8, 4) is 17.1 Å². The van der Waals surface area contributed by atoms with Crippen LogP contribution in [-0.2, 0) is 16.1 Å². The van der Waals surface area contributed by atoms with Crippen molar-refractivity contribution in [3.05, 3.63) is 89.7 Å². The van der Waals surface area contributed by atoms with Gasteiger partial charge in [0.05, 0.1) is 7.11 Å². The Morgan fingerprint density at radius 3 is 2.20 bits per heavy atom. The Kier molecular flexibility index (Phi) is 10.0. The lowest BCUT2D eigenvalue weighted by Crippen LogP contribution is -2.48. The molecule has 3 aromatic carbocycles. The molecule has 2 aliphatic rings. The Hall–Kier alpha value is -4.60. The van der Waals surface area contributed by atoms with Gasteiger partial charge in [-0.25, -0.2) is 4.39 Å². The van der Waals surface area contributed by atoms with Crippen LogP contribution in [0.2, 0.25) is 0 Å². The Morgan fingerprint density at radius 1 is 0.891 bits per heavy atom. The van der Waals surface area contributed by atoms with Crippen LogP contribution in [0.1, 0.15) is 87.3 Å². The number of tetrazole rings is 1. The zero-order chi connectivity index (χ0) is 31.9. The number of ether oxygens (including phenoxy) is 1. The fraction of sp³-hybridized carbons (Fsp3) is 0.417. The first-order valence-corrected chi connectivity index (χ1v) is 16.4. The van der Waals surface area contributed by atoms with E-state index in [1.165, 1.54) is 46.7 Å². The van der Waals surface area contributed by atoms with Crippen molar-refractivity contribution in [2.45, 2.75) is 88.8 Å². The number of methoxy groups -OCH3 is 1. The molecule has 1 atom stereocenters. The highest BCUT2D eigenvalue weighted by molar-refractivity contribution is 6.01. The predicted octanol–water partition coefficient (Wildman–Crippen LogP) is 6.76. The van der Waals surface area contributed by atoms with E-state index in [0.717, 1.165) is 50.5 Å². The van der Waals surface area contributed by atoms with E-state index in [1.54, 1.807) is 31.4 Å². The smallest absolute Gasteiger partial charge is 0.251 e. The van der Waals surface area contributed by atoms with Gasteiger partial charge < -0.3 is 10.1 Å². The van der Waals surface area contributed by atoms with Gasteiger partial charge in [0.2, 0.25) is 11.7 Å². The average Bonchev–Trinajstić information content (AvgIpc) is 3.57. The molecule has 2 aliphatic carbocycles. The van der Waals surface area contributed by atoms with Crippen LogP contribution in [0.5, 0.6) is 5.75 Å². The number of nitrogens with zero attached hydrogens (tertiary/aromatic N) is 5. The Labute approximate surface area is 269 Å². The molecule has 0 saturated heterocycles. The summed E-state index contributed by atoms with van der Waals surface area (Å²) in [6.45, 7) is -0.248. The van der Waals surface area contributed by atoms with E-state index < -0.39 is 17.8 Å². The molecule has 9 nitrogen and oxygen atoms in total. The summed E-state index contributed by atoms with van der Waals surface area (Å²) >= 11 is 0. The summed E-state index contributed by atoms with van der Waals surface area (Å²) in [7, 11) is 1.60. The van der Waals surface area contributed by atoms with E-state index in [0.29, 0.717) is 28.7 Å². The summed E-state index contributed by atoms with van der Waals surface area (Å²) < 4.78 is 19.3. The highest BCUT2D eigenvalue weighted by atomic mass is 19.1. The molecular weight excluding hydrogens is 583 g/mol. The molecule has 0 bridgehead atoms. The van der Waals surface area contributed by atoms with E-state index in [2.05, 4.69) is 32.9 Å². The summed E-state index contributed by atoms with van der Waals surface area (Å²) in [5.74, 6) is 0.456. The number of carbonyl (C=O) groups excluding carboxylic acids is 2. The summed E-state index contributed by atoms with van der Waals surface area (Å²) in [4.78, 5) is 31.2. The Bertz CT molecular complexity index is 1590. The molecule has 240 valence electrons. The standard InChI is InChI=1S/C36H41FN6O3/c1-46-32-22-16-28(17-23-32)35-39-41-42(40-35)24-33(44)43(31-20-14-26(15-21-31)25-8-4-2-5-9-25)34(27-12-18-29(37)19-13-27)36(45)38-30-10-6-3-7-11-30/h12-23,25,30,34H,2-11,24H2,1H3,(H,38,45)/t34-/m0/s1. The molecule has 46 heavy (non-hydrogen) atoms. The van der Waals surface area contributed by atoms with Gasteiger partial charge in [0.15, 0.2) is 0 Å². The topological polar surface area (TPSA) is 102 Å². The van der Waals surface area contributed by atoms with Gasteiger partial charge in [-0.2, -0.15) is 4.80 Å². The highest BCUT2D eigenvalue weighted by Crippen LogP contribution is 2.35. The van der Waals surface area contributed by atoms with Crippen molar-refractivity contribution in [1.82, 2.24) is 25.5 Å². The number of anilines is 1. The minimum Gasteiger partial charge on any atom is -0.497 e. The van der Waals surface area contributed by atoms with Crippen molar-refractivity contribution >= 4 is 17.5 Å². The normalized spacial score (nSPS) is 16.5. The summed E-state index contributed by atoms with van der Waals surface area (Å²) in [5.41, 5.74) is 3.06. The molecule has 2 amide bonds. The van der Waals surface area contributed by atoms with Gasteiger partial charge in [-0.05, 0) is 96.5 Å². The molecule has 6 rings (SSSR count). The van der Waals surface area contributed by atoms with Crippen LogP contribution in [-0.4, -0.2) is 45.2 Å². The molecule has 0 spiro atoms. The van der Waals surface area contributed by atoms with Gasteiger partial charge in [0, 0.05) is 17.3 Å². The zero-order valence-corrected chi connectivity index (χ0v) is 26.3. The molecule has 2 saturated carbocycles. The summed E-state index contributed by atoms with van der Waals surface area (Å²) in [5, 5.41) is 16.0. The number of halogens is 1. The summed E-state index contributed by atoms with van der Waals surface area (Å²) in [6.07, 6.45) is 11.0. The Balaban J connectivity index is 1.34. The lowest BCUT2D eigenvalue weighted by Gasteiger charge is -2.33. The first kappa shape index (κ1) is 31.4. The van der Waals surface area contributed by atoms with Crippen molar-refractivity contribution in [3.63, 3.8) is 0 Å². The SMILES string of the molecule is COc1ccc(-c2nnn(CC(=O)N(c3ccc(C4CCCCC4)cc3)[C@H](C(=O)NC3CCCCC3)c3ccc(F)cc3)n2)cc1. The van der Waals surface area contributed by atoms with Crippen LogP contribution in [0.25, 0.3) is 11.4 Å². The van der Waals surface area contributed by atoms with E-state index in [-0.39, 0.29) is 18.5 Å². The summed E-state index contributed by atoms with van der Waals surface area (Å²) in [6, 6.07) is 20.0. The third-order valence-electron chi connectivity index (χ3n) is 9.24. The monoisotopic (exact) mass is 624 g/mol. The van der Waals surface area contributed by atoms with Crippen LogP contribution in [0.4, 0.5) is 10.1 Å². The first-order chi connectivity index (χ1) is 22.5. The second-order valence-corrected chi connectivity index (χ2v) is 12.4. The van der Waals surface area contributed by atoms with E-state index in [4.69, 9.17) is 4.74 Å². The number of nitrogens with one attached hydrogen (secondary N) is 1. The molecule has 0 radical (unpaired) electrons. The van der Waals surface area contributed by atoms with Gasteiger partial charge in [-0.3, -0.25) is 14.5 Å². The first-order valence-electron chi connectivity index (χ1n) is 16.4. The van der Waals surface area contributed by atoms with E-state index in [9.17, 15) is 14.0 Å². The molecular formula is C36H41FN6O3. The van der Waals surface area contributed by atoms with Crippen LogP contribution in [0.15, 0.2) is 72.8 Å². The molecule has 0 unspecified atom stereocenters. The quantitative estimate of drug-likeness (QED) is 0.209. The minimum atomic E-state index is -1.03. The number of rotatable bonds is 10. The number of hydrogen-bond acceptors (Lipinski definition) is 6. The molecule has 2 fully saturated rings. The minimum absolute atomic E-state index is 0.0267. The third kappa shape index (κ3) is 7.43. The second kappa shape index (κ2) is 14.7. The third-order valence-corrected chi connectivity index (χ3v) is 9.24. The van der Waals surface area contributed by atoms with Crippen LogP contribution in [0, 0.1) is 5.82 Å². The van der Waals surface area contributed by atoms with Crippen molar-refractivity contribution in [2.24, 2.45) is 0 Å². The zero-order valence-electron chi connectivity index (χ0n) is 26.3. The largest absolute Gasteiger partial charge is 0.497 e. The lowest BCUT2D eigenvalue weighted by molar-refractivity contribution is -0.127. The molecule has 1 aromatic heterocycles. The number of carbonyl (C=O) groups is 2. The molecule has 1 heterocycles. The van der Waals surface area contributed by atoms with Crippen molar-refractivity contribution in [2.75, 3.05) is 12.0 Å². The van der Waals surface area contributed by atoms with E-state index in [1.807, 2.05) is 24.3 Å². The molecule has 4 aromatic rings. The highest BCUT2D eigenvalue weighted by Gasteiger charge is 2.35. The fourth-order valence-corrected chi connectivity index (χ4v) is 6.73. The maximum absolute atomic E-state index is 14.3. The number of aromatic nitrogens is 4. The van der Waals surface area contributed by atoms with Crippen molar-refractivity contribution < 1.29 is 18.7 Å². The van der Waals surface area contributed by atoms with Crippen LogP contribution < -0.4 is 15.0 Å². The maximum atomic E-state index is 14.3. The van der Waals surface area contributed by atoms with Crippen molar-refractivity contribution in [1.29, 1.82) is 0 Å². The number of hydrogen-bond donors (Lipinski definition) is 1. The van der Waals surface area contributed by atoms with E-state index >= 15 is 0 Å². The van der Waals surface area contributed by atoms with Gasteiger partial charge in [-0.15, -0.1) is 10.2 Å². The van der Waals surface area contributed by atoms with Crippen LogP contribution in [0.3, 0.4) is 0 Å². The lowest BCUT2D eigenvalue weighted by atomic mass is 9.84. The predicted molar refractivity (Wildman–Crippen MR) is 174 cm³/mol.